The van der Waals surface area contributed by atoms with Crippen molar-refractivity contribution in [3.05, 3.63) is 16.8 Å². The quantitative estimate of drug-likeness (QED) is 0.811. The summed E-state index contributed by atoms with van der Waals surface area (Å²) in [4.78, 5) is 0.418. The number of hydrogen-bond donors (Lipinski definition) is 2. The molecular formula is C14H22N4S. The first kappa shape index (κ1) is 14.2. The Labute approximate surface area is 120 Å². The highest BCUT2D eigenvalue weighted by atomic mass is 32.1. The van der Waals surface area contributed by atoms with Crippen molar-refractivity contribution in [1.82, 2.24) is 10.2 Å². The van der Waals surface area contributed by atoms with Crippen LogP contribution in [-0.2, 0) is 12.8 Å². The minimum atomic E-state index is 0.418. The van der Waals surface area contributed by atoms with Crippen LogP contribution in [0.5, 0.6) is 0 Å². The molecule has 1 heterocycles. The van der Waals surface area contributed by atoms with E-state index in [4.69, 9.17) is 18.0 Å². The minimum Gasteiger partial charge on any atom is -0.389 e. The number of aryl methyl sites for hydroxylation is 1. The van der Waals surface area contributed by atoms with Gasteiger partial charge in [0.25, 0.3) is 0 Å². The van der Waals surface area contributed by atoms with Gasteiger partial charge in [-0.3, -0.25) is 0 Å². The largest absolute Gasteiger partial charge is 0.389 e. The van der Waals surface area contributed by atoms with Gasteiger partial charge in [0.2, 0.25) is 0 Å². The molecule has 1 aromatic rings. The summed E-state index contributed by atoms with van der Waals surface area (Å²) >= 11 is 5.22. The Balaban J connectivity index is 2.38. The first-order valence-electron chi connectivity index (χ1n) is 7.12. The molecule has 4 nitrogen and oxygen atoms in total. The number of aromatic nitrogens is 2. The molecule has 3 N–H and O–H groups in total. The summed E-state index contributed by atoms with van der Waals surface area (Å²) in [6.07, 6.45) is 6.67. The van der Waals surface area contributed by atoms with Crippen molar-refractivity contribution in [2.24, 2.45) is 5.73 Å². The van der Waals surface area contributed by atoms with Gasteiger partial charge in [-0.15, -0.1) is 5.10 Å². The molecule has 19 heavy (non-hydrogen) atoms. The van der Waals surface area contributed by atoms with E-state index in [1.807, 2.05) is 0 Å². The third kappa shape index (κ3) is 3.03. The fraction of sp³-hybridized carbons (Fsp3) is 0.643. The molecule has 1 fully saturated rings. The Kier molecular flexibility index (Phi) is 4.69. The molecule has 2 rings (SSSR count). The number of rotatable bonds is 5. The molecule has 1 aliphatic carbocycles. The van der Waals surface area contributed by atoms with Gasteiger partial charge in [0.1, 0.15) is 4.99 Å². The molecule has 0 spiro atoms. The molecule has 0 bridgehead atoms. The van der Waals surface area contributed by atoms with Gasteiger partial charge >= 0.3 is 0 Å². The molecule has 104 valence electrons. The molecule has 0 atom stereocenters. The van der Waals surface area contributed by atoms with Crippen molar-refractivity contribution in [3.63, 3.8) is 0 Å². The molecule has 0 saturated heterocycles. The lowest BCUT2D eigenvalue weighted by Gasteiger charge is -2.18. The number of anilines is 1. The molecule has 1 aromatic heterocycles. The molecular weight excluding hydrogens is 256 g/mol. The number of thiocarbonyl (C=S) groups is 1. The fourth-order valence-electron chi connectivity index (χ4n) is 2.80. The summed E-state index contributed by atoms with van der Waals surface area (Å²) in [7, 11) is 0. The maximum absolute atomic E-state index is 5.91. The van der Waals surface area contributed by atoms with Crippen LogP contribution in [0.25, 0.3) is 0 Å². The van der Waals surface area contributed by atoms with Crippen LogP contribution < -0.4 is 11.1 Å². The van der Waals surface area contributed by atoms with E-state index >= 15 is 0 Å². The third-order valence-electron chi connectivity index (χ3n) is 3.79. The van der Waals surface area contributed by atoms with Crippen LogP contribution >= 0.6 is 12.2 Å². The van der Waals surface area contributed by atoms with E-state index in [0.29, 0.717) is 11.0 Å². The van der Waals surface area contributed by atoms with Gasteiger partial charge in [-0.05, 0) is 31.2 Å². The third-order valence-corrected chi connectivity index (χ3v) is 3.99. The Hall–Kier alpha value is -1.23. The second-order valence-corrected chi connectivity index (χ2v) is 5.49. The van der Waals surface area contributed by atoms with Crippen molar-refractivity contribution >= 4 is 23.0 Å². The zero-order valence-corrected chi connectivity index (χ0v) is 12.5. The second-order valence-electron chi connectivity index (χ2n) is 5.05. The van der Waals surface area contributed by atoms with E-state index in [2.05, 4.69) is 29.4 Å². The number of nitrogens with two attached hydrogens (primary N) is 1. The summed E-state index contributed by atoms with van der Waals surface area (Å²) in [5, 5.41) is 12.1. The predicted molar refractivity (Wildman–Crippen MR) is 82.6 cm³/mol. The van der Waals surface area contributed by atoms with Crippen LogP contribution in [0.1, 0.15) is 56.4 Å². The zero-order chi connectivity index (χ0) is 13.8. The lowest BCUT2D eigenvalue weighted by atomic mass is 10.0. The second kappa shape index (κ2) is 6.28. The normalized spacial score (nSPS) is 15.7. The average Bonchev–Trinajstić information content (AvgIpc) is 2.90. The Morgan fingerprint density at radius 1 is 1.26 bits per heavy atom. The molecule has 0 radical (unpaired) electrons. The van der Waals surface area contributed by atoms with Gasteiger partial charge < -0.3 is 11.1 Å². The van der Waals surface area contributed by atoms with Crippen molar-refractivity contribution in [3.8, 4) is 0 Å². The molecule has 5 heteroatoms. The van der Waals surface area contributed by atoms with Crippen LogP contribution in [0.2, 0.25) is 0 Å². The van der Waals surface area contributed by atoms with Gasteiger partial charge in [-0.2, -0.15) is 5.10 Å². The number of nitrogens with one attached hydrogen (secondary N) is 1. The van der Waals surface area contributed by atoms with Crippen LogP contribution in [-0.4, -0.2) is 21.2 Å². The van der Waals surface area contributed by atoms with Crippen LogP contribution in [0, 0.1) is 0 Å². The van der Waals surface area contributed by atoms with Gasteiger partial charge in [0.15, 0.2) is 5.82 Å². The maximum Gasteiger partial charge on any atom is 0.159 e. The number of nitrogens with zero attached hydrogens (tertiary/aromatic N) is 2. The lowest BCUT2D eigenvalue weighted by molar-refractivity contribution is 0.741. The van der Waals surface area contributed by atoms with Gasteiger partial charge in [0.05, 0.1) is 11.3 Å². The smallest absolute Gasteiger partial charge is 0.159 e. The molecule has 1 saturated carbocycles. The first-order valence-corrected chi connectivity index (χ1v) is 7.52. The fourth-order valence-corrected chi connectivity index (χ4v) is 3.02. The van der Waals surface area contributed by atoms with Gasteiger partial charge in [-0.1, -0.05) is 38.9 Å². The highest BCUT2D eigenvalue weighted by molar-refractivity contribution is 7.80. The topological polar surface area (TPSA) is 63.8 Å². The zero-order valence-electron chi connectivity index (χ0n) is 11.7. The van der Waals surface area contributed by atoms with E-state index in [-0.39, 0.29) is 0 Å². The lowest BCUT2D eigenvalue weighted by Crippen LogP contribution is -2.23. The van der Waals surface area contributed by atoms with Crippen molar-refractivity contribution in [2.75, 3.05) is 5.32 Å². The highest BCUT2D eigenvalue weighted by Gasteiger charge is 2.21. The average molecular weight is 278 g/mol. The molecule has 1 aliphatic rings. The molecule has 0 amide bonds. The maximum atomic E-state index is 5.91. The van der Waals surface area contributed by atoms with E-state index in [1.165, 1.54) is 25.7 Å². The Bertz CT molecular complexity index is 467. The monoisotopic (exact) mass is 278 g/mol. The van der Waals surface area contributed by atoms with Crippen molar-refractivity contribution < 1.29 is 0 Å². The van der Waals surface area contributed by atoms with Crippen LogP contribution in [0.4, 0.5) is 5.82 Å². The van der Waals surface area contributed by atoms with Crippen LogP contribution in [0.3, 0.4) is 0 Å². The standard InChI is InChI=1S/C14H22N4S/c1-3-10-11(4-2)17-18-14(12(10)13(15)19)16-9-7-5-6-8-9/h9H,3-8H2,1-2H3,(H2,15,19)(H,16,18). The minimum absolute atomic E-state index is 0.418. The van der Waals surface area contributed by atoms with E-state index in [9.17, 15) is 0 Å². The van der Waals surface area contributed by atoms with E-state index < -0.39 is 0 Å². The predicted octanol–water partition coefficient (Wildman–Crippen LogP) is 2.59. The summed E-state index contributed by atoms with van der Waals surface area (Å²) < 4.78 is 0. The first-order chi connectivity index (χ1) is 9.17. The molecule has 0 aromatic carbocycles. The summed E-state index contributed by atoms with van der Waals surface area (Å²) in [5.74, 6) is 0.772. The summed E-state index contributed by atoms with van der Waals surface area (Å²) in [6, 6.07) is 0.486. The molecule has 0 aliphatic heterocycles. The number of hydrogen-bond acceptors (Lipinski definition) is 4. The van der Waals surface area contributed by atoms with Gasteiger partial charge in [-0.25, -0.2) is 0 Å². The van der Waals surface area contributed by atoms with E-state index in [1.54, 1.807) is 0 Å². The van der Waals surface area contributed by atoms with E-state index in [0.717, 1.165) is 35.5 Å². The Morgan fingerprint density at radius 3 is 2.47 bits per heavy atom. The molecule has 0 unspecified atom stereocenters. The van der Waals surface area contributed by atoms with Crippen LogP contribution in [0.15, 0.2) is 0 Å². The van der Waals surface area contributed by atoms with Crippen molar-refractivity contribution in [2.45, 2.75) is 58.4 Å². The summed E-state index contributed by atoms with van der Waals surface area (Å²) in [6.45, 7) is 4.19. The SMILES string of the molecule is CCc1nnc(NC2CCCC2)c(C(N)=S)c1CC. The van der Waals surface area contributed by atoms with Crippen molar-refractivity contribution in [1.29, 1.82) is 0 Å². The Morgan fingerprint density at radius 2 is 1.95 bits per heavy atom. The van der Waals surface area contributed by atoms with Gasteiger partial charge in [0, 0.05) is 6.04 Å². The highest BCUT2D eigenvalue weighted by Crippen LogP contribution is 2.26. The summed E-state index contributed by atoms with van der Waals surface area (Å²) in [5.41, 5.74) is 8.96.